The monoisotopic (exact) mass is 389 g/mol. The molecule has 0 atom stereocenters. The standard InChI is InChI=1S/C24H31N5/c1-23(2,3)19-11-7-17(8-12-19)18-9-13-20(14-10-18)29-22(26)27-21(25)28-24(29)15-5-4-6-16-24/h7-14H,4-6,15-16H2,1-3H3,(H4,25,26,27,28). The molecule has 5 nitrogen and oxygen atoms in total. The highest BCUT2D eigenvalue weighted by Crippen LogP contribution is 2.40. The Bertz CT molecular complexity index is 927. The first-order valence-electron chi connectivity index (χ1n) is 10.5. The van der Waals surface area contributed by atoms with E-state index in [2.05, 4.69) is 79.2 Å². The lowest BCUT2D eigenvalue weighted by Crippen LogP contribution is -2.58. The highest BCUT2D eigenvalue weighted by molar-refractivity contribution is 6.05. The predicted octanol–water partition coefficient (Wildman–Crippen LogP) is 4.76. The molecule has 152 valence electrons. The fraction of sp³-hybridized carbons (Fsp3) is 0.417. The van der Waals surface area contributed by atoms with Gasteiger partial charge in [-0.25, -0.2) is 4.99 Å². The van der Waals surface area contributed by atoms with Crippen molar-refractivity contribution in [3.8, 4) is 11.1 Å². The van der Waals surface area contributed by atoms with Gasteiger partial charge in [0.2, 0.25) is 11.9 Å². The van der Waals surface area contributed by atoms with Gasteiger partial charge in [0.1, 0.15) is 5.66 Å². The molecule has 5 heteroatoms. The molecule has 2 aromatic carbocycles. The second kappa shape index (κ2) is 7.21. The minimum atomic E-state index is -0.399. The molecule has 1 saturated carbocycles. The normalized spacial score (nSPS) is 19.1. The van der Waals surface area contributed by atoms with Crippen molar-refractivity contribution < 1.29 is 0 Å². The molecule has 0 amide bonds. The average molecular weight is 390 g/mol. The zero-order valence-corrected chi connectivity index (χ0v) is 17.7. The van der Waals surface area contributed by atoms with Crippen LogP contribution in [0.3, 0.4) is 0 Å². The third-order valence-electron chi connectivity index (χ3n) is 6.06. The molecule has 0 bridgehead atoms. The number of nitrogens with zero attached hydrogens (tertiary/aromatic N) is 3. The average Bonchev–Trinajstić information content (AvgIpc) is 2.68. The molecule has 1 aliphatic carbocycles. The molecule has 1 spiro atoms. The highest BCUT2D eigenvalue weighted by atomic mass is 15.4. The summed E-state index contributed by atoms with van der Waals surface area (Å²) < 4.78 is 0. The Morgan fingerprint density at radius 2 is 1.38 bits per heavy atom. The van der Waals surface area contributed by atoms with E-state index in [4.69, 9.17) is 16.5 Å². The summed E-state index contributed by atoms with van der Waals surface area (Å²) in [7, 11) is 0. The summed E-state index contributed by atoms with van der Waals surface area (Å²) in [5, 5.41) is 0. The Labute approximate surface area is 173 Å². The molecule has 1 aliphatic heterocycles. The van der Waals surface area contributed by atoms with E-state index in [1.54, 1.807) is 0 Å². The van der Waals surface area contributed by atoms with Gasteiger partial charge in [0.25, 0.3) is 0 Å². The molecular weight excluding hydrogens is 358 g/mol. The zero-order chi connectivity index (χ0) is 20.6. The summed E-state index contributed by atoms with van der Waals surface area (Å²) >= 11 is 0. The first kappa shape index (κ1) is 19.5. The summed E-state index contributed by atoms with van der Waals surface area (Å²) in [5.74, 6) is 0.720. The van der Waals surface area contributed by atoms with Gasteiger partial charge in [0, 0.05) is 5.69 Å². The van der Waals surface area contributed by atoms with Crippen molar-refractivity contribution in [3.05, 3.63) is 54.1 Å². The highest BCUT2D eigenvalue weighted by Gasteiger charge is 2.42. The molecule has 0 unspecified atom stereocenters. The van der Waals surface area contributed by atoms with Crippen molar-refractivity contribution in [2.75, 3.05) is 4.90 Å². The van der Waals surface area contributed by atoms with Crippen molar-refractivity contribution in [2.45, 2.75) is 64.0 Å². The molecule has 0 radical (unpaired) electrons. The molecule has 2 aromatic rings. The van der Waals surface area contributed by atoms with Crippen LogP contribution >= 0.6 is 0 Å². The van der Waals surface area contributed by atoms with Gasteiger partial charge in [0.05, 0.1) is 0 Å². The Morgan fingerprint density at radius 3 is 1.93 bits per heavy atom. The second-order valence-corrected chi connectivity index (χ2v) is 9.19. The van der Waals surface area contributed by atoms with E-state index in [1.807, 2.05) is 0 Å². The number of nitrogens with two attached hydrogens (primary N) is 2. The van der Waals surface area contributed by atoms with E-state index in [9.17, 15) is 0 Å². The smallest absolute Gasteiger partial charge is 0.220 e. The molecule has 4 rings (SSSR count). The van der Waals surface area contributed by atoms with Gasteiger partial charge < -0.3 is 11.5 Å². The summed E-state index contributed by atoms with van der Waals surface area (Å²) in [6.07, 6.45) is 5.36. The van der Waals surface area contributed by atoms with Gasteiger partial charge in [-0.15, -0.1) is 0 Å². The molecule has 2 aliphatic rings. The summed E-state index contributed by atoms with van der Waals surface area (Å²) in [5.41, 5.74) is 16.8. The van der Waals surface area contributed by atoms with Crippen LogP contribution in [0.2, 0.25) is 0 Å². The number of benzene rings is 2. The minimum absolute atomic E-state index is 0.157. The van der Waals surface area contributed by atoms with Crippen LogP contribution in [-0.2, 0) is 5.41 Å². The largest absolute Gasteiger partial charge is 0.369 e. The molecule has 1 fully saturated rings. The maximum Gasteiger partial charge on any atom is 0.220 e. The number of guanidine groups is 2. The van der Waals surface area contributed by atoms with Gasteiger partial charge in [0.15, 0.2) is 0 Å². The van der Waals surface area contributed by atoms with Crippen LogP contribution in [0.15, 0.2) is 58.5 Å². The zero-order valence-electron chi connectivity index (χ0n) is 17.7. The van der Waals surface area contributed by atoms with E-state index in [0.717, 1.165) is 31.4 Å². The maximum absolute atomic E-state index is 6.33. The van der Waals surface area contributed by atoms with Gasteiger partial charge in [-0.3, -0.25) is 4.90 Å². The van der Waals surface area contributed by atoms with E-state index < -0.39 is 5.66 Å². The fourth-order valence-electron chi connectivity index (χ4n) is 4.46. The first-order valence-corrected chi connectivity index (χ1v) is 10.5. The van der Waals surface area contributed by atoms with Crippen molar-refractivity contribution in [1.82, 2.24) is 0 Å². The van der Waals surface area contributed by atoms with Crippen LogP contribution in [0.4, 0.5) is 5.69 Å². The number of rotatable bonds is 2. The topological polar surface area (TPSA) is 80.0 Å². The van der Waals surface area contributed by atoms with Crippen LogP contribution in [0.5, 0.6) is 0 Å². The number of aliphatic imine (C=N–C) groups is 2. The second-order valence-electron chi connectivity index (χ2n) is 9.19. The van der Waals surface area contributed by atoms with Gasteiger partial charge in [-0.2, -0.15) is 4.99 Å². The number of hydrogen-bond acceptors (Lipinski definition) is 5. The van der Waals surface area contributed by atoms with Gasteiger partial charge in [-0.05, 0) is 59.9 Å². The summed E-state index contributed by atoms with van der Waals surface area (Å²) in [6.45, 7) is 6.70. The Morgan fingerprint density at radius 1 is 0.828 bits per heavy atom. The van der Waals surface area contributed by atoms with E-state index in [-0.39, 0.29) is 11.4 Å². The van der Waals surface area contributed by atoms with Crippen LogP contribution in [0, 0.1) is 0 Å². The number of anilines is 1. The summed E-state index contributed by atoms with van der Waals surface area (Å²) in [4.78, 5) is 11.1. The third kappa shape index (κ3) is 3.74. The lowest BCUT2D eigenvalue weighted by molar-refractivity contribution is 0.305. The lowest BCUT2D eigenvalue weighted by Gasteiger charge is -2.45. The van der Waals surface area contributed by atoms with Gasteiger partial charge in [-0.1, -0.05) is 63.6 Å². The summed E-state index contributed by atoms with van der Waals surface area (Å²) in [6, 6.07) is 17.3. The SMILES string of the molecule is CC(C)(C)c1ccc(-c2ccc(N3C(N)=NC(N)=NC34CCCCC4)cc2)cc1. The Balaban J connectivity index is 1.64. The van der Waals surface area contributed by atoms with Crippen LogP contribution in [-0.4, -0.2) is 17.6 Å². The molecule has 0 aromatic heterocycles. The van der Waals surface area contributed by atoms with Crippen LogP contribution in [0.25, 0.3) is 11.1 Å². The van der Waals surface area contributed by atoms with Crippen molar-refractivity contribution in [2.24, 2.45) is 21.5 Å². The number of hydrogen-bond donors (Lipinski definition) is 2. The first-order chi connectivity index (χ1) is 13.8. The molecule has 29 heavy (non-hydrogen) atoms. The quantitative estimate of drug-likeness (QED) is 0.777. The molecule has 0 saturated heterocycles. The van der Waals surface area contributed by atoms with Crippen LogP contribution in [0.1, 0.15) is 58.4 Å². The van der Waals surface area contributed by atoms with Crippen molar-refractivity contribution in [1.29, 1.82) is 0 Å². The maximum atomic E-state index is 6.33. The molecule has 4 N–H and O–H groups in total. The van der Waals surface area contributed by atoms with Crippen molar-refractivity contribution in [3.63, 3.8) is 0 Å². The molecule has 1 heterocycles. The Kier molecular flexibility index (Phi) is 4.85. The predicted molar refractivity (Wildman–Crippen MR) is 122 cm³/mol. The van der Waals surface area contributed by atoms with Crippen molar-refractivity contribution >= 4 is 17.6 Å². The lowest BCUT2D eigenvalue weighted by atomic mass is 9.86. The van der Waals surface area contributed by atoms with Gasteiger partial charge >= 0.3 is 0 Å². The van der Waals surface area contributed by atoms with E-state index >= 15 is 0 Å². The minimum Gasteiger partial charge on any atom is -0.369 e. The fourth-order valence-corrected chi connectivity index (χ4v) is 4.46. The Hall–Kier alpha value is -2.82. The van der Waals surface area contributed by atoms with Crippen LogP contribution < -0.4 is 16.4 Å². The van der Waals surface area contributed by atoms with E-state index in [0.29, 0.717) is 5.96 Å². The van der Waals surface area contributed by atoms with E-state index in [1.165, 1.54) is 23.1 Å². The molecular formula is C24H31N5. The third-order valence-corrected chi connectivity index (χ3v) is 6.06.